The zero-order valence-electron chi connectivity index (χ0n) is 20.4. The molecule has 1 aromatic carbocycles. The largest absolute Gasteiger partial charge is 0.495 e. The molecule has 0 bridgehead atoms. The van der Waals surface area contributed by atoms with Crippen molar-refractivity contribution < 1.29 is 27.4 Å². The van der Waals surface area contributed by atoms with E-state index >= 15 is 0 Å². The topological polar surface area (TPSA) is 88.6 Å². The predicted molar refractivity (Wildman–Crippen MR) is 127 cm³/mol. The molecule has 190 valence electrons. The molecule has 0 N–H and O–H groups in total. The third kappa shape index (κ3) is 5.73. The highest BCUT2D eigenvalue weighted by Crippen LogP contribution is 2.29. The third-order valence-corrected chi connectivity index (χ3v) is 8.75. The fourth-order valence-electron chi connectivity index (χ4n) is 5.32. The summed E-state index contributed by atoms with van der Waals surface area (Å²) in [6.45, 7) is 8.89. The average Bonchev–Trinajstić information content (AvgIpc) is 3.27. The third-order valence-electron chi connectivity index (χ3n) is 6.83. The van der Waals surface area contributed by atoms with Crippen molar-refractivity contribution in [1.29, 1.82) is 0 Å². The van der Waals surface area contributed by atoms with E-state index in [2.05, 4.69) is 18.7 Å². The van der Waals surface area contributed by atoms with Crippen LogP contribution < -0.4 is 4.74 Å². The normalized spacial score (nSPS) is 27.1. The summed E-state index contributed by atoms with van der Waals surface area (Å²) in [4.78, 5) is 17.8. The van der Waals surface area contributed by atoms with Gasteiger partial charge in [-0.25, -0.2) is 8.42 Å². The van der Waals surface area contributed by atoms with Crippen molar-refractivity contribution in [2.75, 3.05) is 59.6 Å². The fraction of sp³-hybridized carbons (Fsp3) is 0.708. The lowest BCUT2D eigenvalue weighted by atomic mass is 10.1. The van der Waals surface area contributed by atoms with Crippen LogP contribution in [0.4, 0.5) is 0 Å². The molecule has 0 aromatic heterocycles. The minimum Gasteiger partial charge on any atom is -0.495 e. The first-order valence-corrected chi connectivity index (χ1v) is 13.6. The maximum absolute atomic E-state index is 13.3. The first kappa shape index (κ1) is 25.4. The monoisotopic (exact) mass is 495 g/mol. The Balaban J connectivity index is 1.46. The maximum Gasteiger partial charge on any atom is 0.246 e. The van der Waals surface area contributed by atoms with Crippen LogP contribution >= 0.6 is 0 Å². The Morgan fingerprint density at radius 3 is 2.50 bits per heavy atom. The van der Waals surface area contributed by atoms with Gasteiger partial charge < -0.3 is 19.1 Å². The van der Waals surface area contributed by atoms with Gasteiger partial charge in [-0.15, -0.1) is 0 Å². The van der Waals surface area contributed by atoms with E-state index in [0.717, 1.165) is 39.0 Å². The Bertz CT molecular complexity index is 955. The van der Waals surface area contributed by atoms with Crippen molar-refractivity contribution in [3.8, 4) is 5.75 Å². The van der Waals surface area contributed by atoms with Crippen LogP contribution in [-0.4, -0.2) is 106 Å². The second-order valence-corrected chi connectivity index (χ2v) is 11.4. The van der Waals surface area contributed by atoms with Gasteiger partial charge >= 0.3 is 0 Å². The molecule has 3 saturated heterocycles. The number of nitrogens with zero attached hydrogens (tertiary/aromatic N) is 3. The zero-order chi connectivity index (χ0) is 24.3. The summed E-state index contributed by atoms with van der Waals surface area (Å²) >= 11 is 0. The van der Waals surface area contributed by atoms with Crippen molar-refractivity contribution in [2.24, 2.45) is 0 Å². The predicted octanol–water partition coefficient (Wildman–Crippen LogP) is 1.36. The molecule has 3 atom stereocenters. The minimum atomic E-state index is -3.74. The molecular weight excluding hydrogens is 458 g/mol. The Morgan fingerprint density at radius 1 is 1.12 bits per heavy atom. The second-order valence-electron chi connectivity index (χ2n) is 9.54. The number of hydrogen-bond acceptors (Lipinski definition) is 7. The van der Waals surface area contributed by atoms with E-state index in [-0.39, 0.29) is 41.2 Å². The van der Waals surface area contributed by atoms with Gasteiger partial charge in [0.15, 0.2) is 0 Å². The van der Waals surface area contributed by atoms with Crippen LogP contribution in [0.15, 0.2) is 23.1 Å². The lowest BCUT2D eigenvalue weighted by molar-refractivity contribution is -0.132. The van der Waals surface area contributed by atoms with E-state index < -0.39 is 10.0 Å². The molecule has 0 saturated carbocycles. The number of likely N-dealkylation sites (tertiary alicyclic amines) is 1. The van der Waals surface area contributed by atoms with Gasteiger partial charge in [-0.1, -0.05) is 6.07 Å². The minimum absolute atomic E-state index is 0.0387. The molecule has 0 aliphatic carbocycles. The summed E-state index contributed by atoms with van der Waals surface area (Å²) in [7, 11) is -2.28. The summed E-state index contributed by atoms with van der Waals surface area (Å²) < 4.78 is 44.4. The average molecular weight is 496 g/mol. The zero-order valence-corrected chi connectivity index (χ0v) is 21.3. The Morgan fingerprint density at radius 2 is 1.82 bits per heavy atom. The number of amides is 1. The molecule has 9 nitrogen and oxygen atoms in total. The molecule has 0 spiro atoms. The summed E-state index contributed by atoms with van der Waals surface area (Å²) in [6.07, 6.45) is 2.54. The lowest BCUT2D eigenvalue weighted by Crippen LogP contribution is -2.51. The van der Waals surface area contributed by atoms with Crippen LogP contribution in [0.1, 0.15) is 32.3 Å². The molecule has 4 rings (SSSR count). The van der Waals surface area contributed by atoms with E-state index in [0.29, 0.717) is 31.9 Å². The lowest BCUT2D eigenvalue weighted by Gasteiger charge is -2.38. The Labute approximate surface area is 203 Å². The van der Waals surface area contributed by atoms with Gasteiger partial charge in [0.1, 0.15) is 10.6 Å². The Kier molecular flexibility index (Phi) is 8.14. The smallest absolute Gasteiger partial charge is 0.246 e. The van der Waals surface area contributed by atoms with Gasteiger partial charge in [0.25, 0.3) is 0 Å². The van der Waals surface area contributed by atoms with Gasteiger partial charge in [-0.3, -0.25) is 9.69 Å². The number of methoxy groups -OCH3 is 1. The molecule has 1 aromatic rings. The molecule has 34 heavy (non-hydrogen) atoms. The maximum atomic E-state index is 13.3. The summed E-state index contributed by atoms with van der Waals surface area (Å²) in [6, 6.07) is 5.21. The molecule has 10 heteroatoms. The first-order chi connectivity index (χ1) is 16.3. The van der Waals surface area contributed by atoms with E-state index in [4.69, 9.17) is 14.2 Å². The molecular formula is C24H37N3O6S. The number of rotatable bonds is 7. The summed E-state index contributed by atoms with van der Waals surface area (Å²) in [5.74, 6) is 0.328. The molecule has 3 aliphatic heterocycles. The van der Waals surface area contributed by atoms with Crippen molar-refractivity contribution in [3.05, 3.63) is 23.8 Å². The van der Waals surface area contributed by atoms with E-state index in [1.54, 1.807) is 18.2 Å². The van der Waals surface area contributed by atoms with Gasteiger partial charge in [-0.05, 0) is 44.4 Å². The highest BCUT2D eigenvalue weighted by atomic mass is 32.2. The van der Waals surface area contributed by atoms with E-state index in [9.17, 15) is 13.2 Å². The molecule has 0 radical (unpaired) electrons. The highest BCUT2D eigenvalue weighted by Gasteiger charge is 2.33. The summed E-state index contributed by atoms with van der Waals surface area (Å²) in [5.41, 5.74) is 0.678. The van der Waals surface area contributed by atoms with Gasteiger partial charge in [0.2, 0.25) is 15.9 Å². The summed E-state index contributed by atoms with van der Waals surface area (Å²) in [5, 5.41) is 0. The fourth-order valence-corrected chi connectivity index (χ4v) is 6.93. The number of carbonyl (C=O) groups excluding carboxylic acids is 1. The van der Waals surface area contributed by atoms with E-state index in [1.807, 2.05) is 4.90 Å². The number of sulfonamides is 1. The number of ether oxygens (including phenoxy) is 3. The van der Waals surface area contributed by atoms with Gasteiger partial charge in [-0.2, -0.15) is 4.31 Å². The number of benzene rings is 1. The number of hydrogen-bond donors (Lipinski definition) is 0. The highest BCUT2D eigenvalue weighted by molar-refractivity contribution is 7.89. The van der Waals surface area contributed by atoms with Crippen LogP contribution in [0.25, 0.3) is 0 Å². The quantitative estimate of drug-likeness (QED) is 0.564. The van der Waals surface area contributed by atoms with Crippen molar-refractivity contribution in [3.63, 3.8) is 0 Å². The molecule has 0 unspecified atom stereocenters. The van der Waals surface area contributed by atoms with E-state index in [1.165, 1.54) is 11.4 Å². The molecule has 3 fully saturated rings. The first-order valence-electron chi connectivity index (χ1n) is 12.2. The van der Waals surface area contributed by atoms with Crippen molar-refractivity contribution in [2.45, 2.75) is 56.3 Å². The van der Waals surface area contributed by atoms with Crippen LogP contribution in [0.3, 0.4) is 0 Å². The van der Waals surface area contributed by atoms with Crippen LogP contribution in [-0.2, 0) is 30.7 Å². The number of carbonyl (C=O) groups is 1. The molecule has 3 heterocycles. The SMILES string of the molecule is COc1ccc(CC(=O)N2CCC[C@@H]2CN2C[C@@H](C)O[C@@H](C)C2)cc1S(=O)(=O)N1CCOCC1. The molecule has 3 aliphatic rings. The van der Waals surface area contributed by atoms with Crippen LogP contribution in [0.5, 0.6) is 5.75 Å². The second kappa shape index (κ2) is 10.9. The Hall–Kier alpha value is -1.72. The van der Waals surface area contributed by atoms with Crippen LogP contribution in [0.2, 0.25) is 0 Å². The number of morpholine rings is 2. The van der Waals surface area contributed by atoms with Crippen molar-refractivity contribution in [1.82, 2.24) is 14.1 Å². The van der Waals surface area contributed by atoms with Gasteiger partial charge in [0, 0.05) is 45.3 Å². The van der Waals surface area contributed by atoms with Gasteiger partial charge in [0.05, 0.1) is 39.0 Å². The standard InChI is InChI=1S/C24H37N3O6S/c1-18-15-25(16-19(2)33-18)17-21-5-4-8-27(21)24(28)14-20-6-7-22(31-3)23(13-20)34(29,30)26-9-11-32-12-10-26/h6-7,13,18-19,21H,4-5,8-12,14-17H2,1-3H3/t18-,19+,21-/m1/s1. The van der Waals surface area contributed by atoms with Crippen molar-refractivity contribution >= 4 is 15.9 Å². The molecule has 1 amide bonds. The van der Waals surface area contributed by atoms with Crippen LogP contribution in [0, 0.1) is 0 Å².